The first-order valence-electron chi connectivity index (χ1n) is 8.59. The van der Waals surface area contributed by atoms with Gasteiger partial charge in [-0.3, -0.25) is 9.69 Å². The van der Waals surface area contributed by atoms with Crippen molar-refractivity contribution in [2.24, 2.45) is 5.92 Å². The number of hydrogen-bond acceptors (Lipinski definition) is 3. The lowest BCUT2D eigenvalue weighted by molar-refractivity contribution is -0.137. The zero-order valence-corrected chi connectivity index (χ0v) is 14.8. The van der Waals surface area contributed by atoms with Crippen molar-refractivity contribution in [1.82, 2.24) is 9.80 Å². The predicted octanol–water partition coefficient (Wildman–Crippen LogP) is 3.31. The number of rotatable bonds is 6. The molecule has 0 bridgehead atoms. The highest BCUT2D eigenvalue weighted by Crippen LogP contribution is 2.34. The number of anilines is 1. The molecule has 2 rings (SSSR count). The van der Waals surface area contributed by atoms with Crippen LogP contribution in [0.3, 0.4) is 0 Å². The van der Waals surface area contributed by atoms with Gasteiger partial charge in [0.25, 0.3) is 0 Å². The van der Waals surface area contributed by atoms with Gasteiger partial charge < -0.3 is 10.2 Å². The summed E-state index contributed by atoms with van der Waals surface area (Å²) >= 11 is 0. The van der Waals surface area contributed by atoms with E-state index in [0.717, 1.165) is 45.0 Å². The fraction of sp³-hybridized carbons (Fsp3) is 0.611. The van der Waals surface area contributed by atoms with Crippen LogP contribution < -0.4 is 5.32 Å². The summed E-state index contributed by atoms with van der Waals surface area (Å²) < 4.78 is 38.9. The van der Waals surface area contributed by atoms with E-state index in [0.29, 0.717) is 5.92 Å². The molecule has 25 heavy (non-hydrogen) atoms. The van der Waals surface area contributed by atoms with E-state index >= 15 is 0 Å². The van der Waals surface area contributed by atoms with Gasteiger partial charge in [-0.2, -0.15) is 13.2 Å². The normalized spacial score (nSPS) is 17.0. The van der Waals surface area contributed by atoms with Gasteiger partial charge in [-0.05, 0) is 71.0 Å². The number of carbonyl (C=O) groups is 1. The molecular weight excluding hydrogens is 331 g/mol. The minimum atomic E-state index is -4.48. The molecule has 140 valence electrons. The number of para-hydroxylation sites is 1. The summed E-state index contributed by atoms with van der Waals surface area (Å²) in [6.45, 7) is 2.81. The number of amides is 1. The second-order valence-corrected chi connectivity index (χ2v) is 6.90. The van der Waals surface area contributed by atoms with Gasteiger partial charge in [0.2, 0.25) is 5.91 Å². The van der Waals surface area contributed by atoms with E-state index < -0.39 is 17.6 Å². The molecule has 1 N–H and O–H groups in total. The Morgan fingerprint density at radius 1 is 1.24 bits per heavy atom. The van der Waals surface area contributed by atoms with Crippen LogP contribution in [0.15, 0.2) is 24.3 Å². The predicted molar refractivity (Wildman–Crippen MR) is 92.4 cm³/mol. The van der Waals surface area contributed by atoms with Gasteiger partial charge >= 0.3 is 6.18 Å². The minimum Gasteiger partial charge on any atom is -0.324 e. The number of hydrogen-bond donors (Lipinski definition) is 1. The second kappa shape index (κ2) is 8.67. The highest BCUT2D eigenvalue weighted by molar-refractivity contribution is 5.93. The lowest BCUT2D eigenvalue weighted by Crippen LogP contribution is -2.39. The molecule has 1 saturated heterocycles. The Morgan fingerprint density at radius 2 is 1.88 bits per heavy atom. The standard InChI is InChI=1S/C18H26F3N3O/c1-23(2)10-7-14-8-11-24(12-9-14)13-17(25)22-16-6-4-3-5-15(16)18(19,20)21/h3-6,14H,7-13H2,1-2H3,(H,22,25). The Bertz CT molecular complexity index is 567. The summed E-state index contributed by atoms with van der Waals surface area (Å²) in [7, 11) is 4.11. The third-order valence-electron chi connectivity index (χ3n) is 4.57. The van der Waals surface area contributed by atoms with E-state index in [4.69, 9.17) is 0 Å². The van der Waals surface area contributed by atoms with Crippen molar-refractivity contribution < 1.29 is 18.0 Å². The molecule has 0 spiro atoms. The Kier molecular flexibility index (Phi) is 6.84. The molecule has 1 aliphatic heterocycles. The molecule has 1 amide bonds. The SMILES string of the molecule is CN(C)CCC1CCN(CC(=O)Nc2ccccc2C(F)(F)F)CC1. The van der Waals surface area contributed by atoms with Gasteiger partial charge in [-0.15, -0.1) is 0 Å². The third-order valence-corrected chi connectivity index (χ3v) is 4.57. The fourth-order valence-corrected chi connectivity index (χ4v) is 3.11. The lowest BCUT2D eigenvalue weighted by atomic mass is 9.93. The van der Waals surface area contributed by atoms with E-state index in [-0.39, 0.29) is 12.2 Å². The van der Waals surface area contributed by atoms with Crippen molar-refractivity contribution in [2.75, 3.05) is 45.6 Å². The van der Waals surface area contributed by atoms with Crippen LogP contribution in [0.5, 0.6) is 0 Å². The monoisotopic (exact) mass is 357 g/mol. The van der Waals surface area contributed by atoms with Gasteiger partial charge in [-0.25, -0.2) is 0 Å². The maximum atomic E-state index is 13.0. The molecule has 1 heterocycles. The van der Waals surface area contributed by atoms with Gasteiger partial charge in [0.15, 0.2) is 0 Å². The van der Waals surface area contributed by atoms with Crippen LogP contribution in [-0.4, -0.2) is 56.0 Å². The van der Waals surface area contributed by atoms with E-state index in [1.807, 2.05) is 4.90 Å². The molecule has 7 heteroatoms. The molecule has 4 nitrogen and oxygen atoms in total. The third kappa shape index (κ3) is 6.32. The Morgan fingerprint density at radius 3 is 2.48 bits per heavy atom. The summed E-state index contributed by atoms with van der Waals surface area (Å²) in [6.07, 6.45) is -1.28. The van der Waals surface area contributed by atoms with Gasteiger partial charge in [0.1, 0.15) is 0 Å². The van der Waals surface area contributed by atoms with Crippen LogP contribution in [-0.2, 0) is 11.0 Å². The second-order valence-electron chi connectivity index (χ2n) is 6.90. The molecule has 1 aliphatic rings. The van der Waals surface area contributed by atoms with E-state index in [1.165, 1.54) is 18.2 Å². The number of benzene rings is 1. The lowest BCUT2D eigenvalue weighted by Gasteiger charge is -2.32. The van der Waals surface area contributed by atoms with Gasteiger partial charge in [0, 0.05) is 0 Å². The van der Waals surface area contributed by atoms with Crippen molar-refractivity contribution in [3.63, 3.8) is 0 Å². The maximum Gasteiger partial charge on any atom is 0.418 e. The molecule has 0 saturated carbocycles. The van der Waals surface area contributed by atoms with Crippen molar-refractivity contribution in [3.05, 3.63) is 29.8 Å². The zero-order chi connectivity index (χ0) is 18.4. The van der Waals surface area contributed by atoms with Crippen molar-refractivity contribution in [1.29, 1.82) is 0 Å². The average molecular weight is 357 g/mol. The molecule has 1 aromatic rings. The molecule has 0 aliphatic carbocycles. The van der Waals surface area contributed by atoms with Crippen molar-refractivity contribution in [3.8, 4) is 0 Å². The first-order chi connectivity index (χ1) is 11.8. The van der Waals surface area contributed by atoms with Crippen LogP contribution >= 0.6 is 0 Å². The van der Waals surface area contributed by atoms with Crippen LogP contribution in [0.1, 0.15) is 24.8 Å². The smallest absolute Gasteiger partial charge is 0.324 e. The van der Waals surface area contributed by atoms with Crippen LogP contribution in [0.2, 0.25) is 0 Å². The number of likely N-dealkylation sites (tertiary alicyclic amines) is 1. The Hall–Kier alpha value is -1.60. The van der Waals surface area contributed by atoms with Gasteiger partial charge in [0.05, 0.1) is 17.8 Å². The summed E-state index contributed by atoms with van der Waals surface area (Å²) in [5.41, 5.74) is -0.994. The zero-order valence-electron chi connectivity index (χ0n) is 14.8. The first-order valence-corrected chi connectivity index (χ1v) is 8.59. The highest BCUT2D eigenvalue weighted by atomic mass is 19.4. The summed E-state index contributed by atoms with van der Waals surface area (Å²) in [5, 5.41) is 2.41. The van der Waals surface area contributed by atoms with Crippen molar-refractivity contribution in [2.45, 2.75) is 25.4 Å². The van der Waals surface area contributed by atoms with Crippen LogP contribution in [0.4, 0.5) is 18.9 Å². The largest absolute Gasteiger partial charge is 0.418 e. The minimum absolute atomic E-state index is 0.132. The molecule has 0 atom stereocenters. The molecule has 1 aromatic carbocycles. The maximum absolute atomic E-state index is 13.0. The van der Waals surface area contributed by atoms with E-state index in [1.54, 1.807) is 0 Å². The van der Waals surface area contributed by atoms with Gasteiger partial charge in [-0.1, -0.05) is 12.1 Å². The number of piperidine rings is 1. The fourth-order valence-electron chi connectivity index (χ4n) is 3.11. The highest BCUT2D eigenvalue weighted by Gasteiger charge is 2.33. The number of nitrogens with zero attached hydrogens (tertiary/aromatic N) is 2. The summed E-state index contributed by atoms with van der Waals surface area (Å²) in [4.78, 5) is 16.3. The van der Waals surface area contributed by atoms with E-state index in [2.05, 4.69) is 24.3 Å². The number of carbonyl (C=O) groups excluding carboxylic acids is 1. The number of nitrogens with one attached hydrogen (secondary N) is 1. The molecular formula is C18H26F3N3O. The Balaban J connectivity index is 1.82. The summed E-state index contributed by atoms with van der Waals surface area (Å²) in [6, 6.07) is 5.07. The first kappa shape index (κ1) is 19.7. The number of halogens is 3. The van der Waals surface area contributed by atoms with Crippen molar-refractivity contribution >= 4 is 11.6 Å². The molecule has 1 fully saturated rings. The average Bonchev–Trinajstić information content (AvgIpc) is 2.53. The van der Waals surface area contributed by atoms with Crippen LogP contribution in [0, 0.1) is 5.92 Å². The molecule has 0 unspecified atom stereocenters. The van der Waals surface area contributed by atoms with Crippen LogP contribution in [0.25, 0.3) is 0 Å². The topological polar surface area (TPSA) is 35.6 Å². The molecule has 0 aromatic heterocycles. The quantitative estimate of drug-likeness (QED) is 0.848. The van der Waals surface area contributed by atoms with E-state index in [9.17, 15) is 18.0 Å². The number of alkyl halides is 3. The summed E-state index contributed by atoms with van der Waals surface area (Å²) in [5.74, 6) is 0.260. The Labute approximate surface area is 147 Å². The molecule has 0 radical (unpaired) electrons.